The smallest absolute Gasteiger partial charge is 0.412 e. The summed E-state index contributed by atoms with van der Waals surface area (Å²) >= 11 is 13.5. The molecule has 4 rings (SSSR count). The molecule has 0 radical (unpaired) electrons. The molecule has 0 aliphatic heterocycles. The molecule has 2 aromatic heterocycles. The van der Waals surface area contributed by atoms with E-state index < -0.39 is 17.3 Å². The van der Waals surface area contributed by atoms with E-state index in [1.54, 1.807) is 61.9 Å². The molecule has 0 aliphatic carbocycles. The third kappa shape index (κ3) is 9.09. The highest BCUT2D eigenvalue weighted by atomic mass is 35.5. The summed E-state index contributed by atoms with van der Waals surface area (Å²) in [6.07, 6.45) is 3.06. The molecule has 0 atom stereocenters. The molecule has 4 aromatic rings. The van der Waals surface area contributed by atoms with Crippen molar-refractivity contribution >= 4 is 52.0 Å². The van der Waals surface area contributed by atoms with Crippen LogP contribution in [0, 0.1) is 0 Å². The molecule has 0 saturated carbocycles. The fourth-order valence-electron chi connectivity index (χ4n) is 5.24. The Balaban J connectivity index is 1.77. The van der Waals surface area contributed by atoms with Gasteiger partial charge in [0.05, 0.1) is 36.4 Å². The first-order valence-corrected chi connectivity index (χ1v) is 16.7. The SMILES string of the molecule is CCN(CC)CCCCNc1ncc2cc(-c3c(Cl)c(OC)cc(OC)c3Cl)c(=O)n(Cc3cccc(NC(=O)OC(C)(C)C)c3)c2n1. The number of halogens is 2. The van der Waals surface area contributed by atoms with E-state index in [1.165, 1.54) is 14.2 Å². The molecular formula is C35H44Cl2N6O5. The second-order valence-electron chi connectivity index (χ2n) is 12.2. The summed E-state index contributed by atoms with van der Waals surface area (Å²) in [5.41, 5.74) is 1.10. The van der Waals surface area contributed by atoms with Crippen molar-refractivity contribution < 1.29 is 19.0 Å². The van der Waals surface area contributed by atoms with Gasteiger partial charge in [-0.05, 0) is 77.0 Å². The number of hydrogen-bond acceptors (Lipinski definition) is 9. The minimum absolute atomic E-state index is 0.115. The molecule has 11 nitrogen and oxygen atoms in total. The van der Waals surface area contributed by atoms with Crippen LogP contribution in [0.3, 0.4) is 0 Å². The number of pyridine rings is 1. The third-order valence-electron chi connectivity index (χ3n) is 7.66. The maximum absolute atomic E-state index is 14.4. The first-order valence-electron chi connectivity index (χ1n) is 15.9. The van der Waals surface area contributed by atoms with E-state index in [0.717, 1.165) is 38.0 Å². The van der Waals surface area contributed by atoms with Crippen LogP contribution in [-0.4, -0.2) is 71.5 Å². The monoisotopic (exact) mass is 698 g/mol. The Labute approximate surface area is 291 Å². The van der Waals surface area contributed by atoms with Gasteiger partial charge in [0.2, 0.25) is 5.95 Å². The van der Waals surface area contributed by atoms with Gasteiger partial charge in [-0.15, -0.1) is 0 Å². The Kier molecular flexibility index (Phi) is 12.5. The van der Waals surface area contributed by atoms with Crippen molar-refractivity contribution in [2.45, 2.75) is 59.6 Å². The van der Waals surface area contributed by atoms with Crippen molar-refractivity contribution in [2.24, 2.45) is 0 Å². The third-order valence-corrected chi connectivity index (χ3v) is 8.41. The van der Waals surface area contributed by atoms with Crippen LogP contribution in [0.1, 0.15) is 53.0 Å². The quantitative estimate of drug-likeness (QED) is 0.128. The lowest BCUT2D eigenvalue weighted by Crippen LogP contribution is -2.27. The number of hydrogen-bond donors (Lipinski definition) is 2. The second kappa shape index (κ2) is 16.4. The number of ether oxygens (including phenoxy) is 3. The molecule has 2 N–H and O–H groups in total. The van der Waals surface area contributed by atoms with Crippen molar-refractivity contribution in [3.05, 3.63) is 68.6 Å². The van der Waals surface area contributed by atoms with Gasteiger partial charge in [-0.25, -0.2) is 9.78 Å². The lowest BCUT2D eigenvalue weighted by Gasteiger charge is -2.20. The number of fused-ring (bicyclic) bond motifs is 1. The number of anilines is 2. The summed E-state index contributed by atoms with van der Waals surface area (Å²) in [6, 6.07) is 10.4. The number of carbonyl (C=O) groups excluding carboxylic acids is 1. The Morgan fingerprint density at radius 1 is 1.00 bits per heavy atom. The van der Waals surface area contributed by atoms with Crippen LogP contribution in [0.25, 0.3) is 22.2 Å². The normalized spacial score (nSPS) is 11.5. The van der Waals surface area contributed by atoms with Crippen molar-refractivity contribution in [2.75, 3.05) is 51.0 Å². The highest BCUT2D eigenvalue weighted by Gasteiger charge is 2.24. The number of carbonyl (C=O) groups is 1. The average molecular weight is 700 g/mol. The molecule has 2 heterocycles. The van der Waals surface area contributed by atoms with Gasteiger partial charge < -0.3 is 24.4 Å². The van der Waals surface area contributed by atoms with Gasteiger partial charge >= 0.3 is 6.09 Å². The Morgan fingerprint density at radius 2 is 1.69 bits per heavy atom. The number of amides is 1. The number of aromatic nitrogens is 3. The minimum Gasteiger partial charge on any atom is -0.495 e. The zero-order valence-corrected chi connectivity index (χ0v) is 30.1. The number of nitrogens with zero attached hydrogens (tertiary/aromatic N) is 4. The Bertz CT molecular complexity index is 1780. The van der Waals surface area contributed by atoms with Crippen LogP contribution in [0.2, 0.25) is 10.0 Å². The molecule has 13 heteroatoms. The molecule has 0 spiro atoms. The highest BCUT2D eigenvalue weighted by Crippen LogP contribution is 2.45. The van der Waals surface area contributed by atoms with Gasteiger partial charge in [-0.2, -0.15) is 4.98 Å². The fraction of sp³-hybridized carbons (Fsp3) is 0.429. The molecule has 2 aromatic carbocycles. The summed E-state index contributed by atoms with van der Waals surface area (Å²) in [5, 5.41) is 6.99. The fourth-order valence-corrected chi connectivity index (χ4v) is 5.95. The predicted molar refractivity (Wildman–Crippen MR) is 193 cm³/mol. The van der Waals surface area contributed by atoms with Gasteiger partial charge in [0, 0.05) is 35.4 Å². The molecule has 0 fully saturated rings. The molecule has 0 saturated heterocycles. The summed E-state index contributed by atoms with van der Waals surface area (Å²) < 4.78 is 17.9. The number of unbranched alkanes of at least 4 members (excludes halogenated alkanes) is 1. The molecular weight excluding hydrogens is 655 g/mol. The predicted octanol–water partition coefficient (Wildman–Crippen LogP) is 7.71. The minimum atomic E-state index is -0.656. The van der Waals surface area contributed by atoms with Crippen LogP contribution in [-0.2, 0) is 11.3 Å². The molecule has 48 heavy (non-hydrogen) atoms. The van der Waals surface area contributed by atoms with Gasteiger partial charge in [0.25, 0.3) is 5.56 Å². The van der Waals surface area contributed by atoms with E-state index in [0.29, 0.717) is 40.7 Å². The highest BCUT2D eigenvalue weighted by molar-refractivity contribution is 6.41. The van der Waals surface area contributed by atoms with E-state index >= 15 is 0 Å². The average Bonchev–Trinajstić information content (AvgIpc) is 3.04. The lowest BCUT2D eigenvalue weighted by atomic mass is 10.0. The van der Waals surface area contributed by atoms with E-state index in [1.807, 2.05) is 6.07 Å². The van der Waals surface area contributed by atoms with E-state index in [2.05, 4.69) is 34.4 Å². The van der Waals surface area contributed by atoms with Gasteiger partial charge in [0.15, 0.2) is 0 Å². The number of benzene rings is 2. The lowest BCUT2D eigenvalue weighted by molar-refractivity contribution is 0.0636. The zero-order chi connectivity index (χ0) is 35.0. The first-order chi connectivity index (χ1) is 22.9. The maximum Gasteiger partial charge on any atom is 0.412 e. The van der Waals surface area contributed by atoms with E-state index in [9.17, 15) is 9.59 Å². The molecule has 258 valence electrons. The summed E-state index contributed by atoms with van der Waals surface area (Å²) in [6.45, 7) is 13.6. The van der Waals surface area contributed by atoms with Crippen molar-refractivity contribution in [3.63, 3.8) is 0 Å². The van der Waals surface area contributed by atoms with E-state index in [-0.39, 0.29) is 27.7 Å². The Morgan fingerprint density at radius 3 is 2.31 bits per heavy atom. The number of rotatable bonds is 14. The topological polar surface area (TPSA) is 120 Å². The second-order valence-corrected chi connectivity index (χ2v) is 12.9. The van der Waals surface area contributed by atoms with Crippen molar-refractivity contribution in [1.82, 2.24) is 19.4 Å². The molecule has 0 aliphatic rings. The number of methoxy groups -OCH3 is 2. The van der Waals surface area contributed by atoms with Gasteiger partial charge in [-0.1, -0.05) is 49.2 Å². The van der Waals surface area contributed by atoms with Crippen LogP contribution in [0.4, 0.5) is 16.4 Å². The van der Waals surface area contributed by atoms with Crippen molar-refractivity contribution in [1.29, 1.82) is 0 Å². The first kappa shape index (κ1) is 36.8. The van der Waals surface area contributed by atoms with Gasteiger partial charge in [-0.3, -0.25) is 14.7 Å². The maximum atomic E-state index is 14.4. The molecule has 0 bridgehead atoms. The van der Waals surface area contributed by atoms with Crippen LogP contribution >= 0.6 is 23.2 Å². The largest absolute Gasteiger partial charge is 0.495 e. The Hall–Kier alpha value is -4.06. The zero-order valence-electron chi connectivity index (χ0n) is 28.6. The number of nitrogens with one attached hydrogen (secondary N) is 2. The summed E-state index contributed by atoms with van der Waals surface area (Å²) in [7, 11) is 2.95. The molecule has 1 amide bonds. The van der Waals surface area contributed by atoms with Crippen molar-refractivity contribution in [3.8, 4) is 22.6 Å². The van der Waals surface area contributed by atoms with Crippen LogP contribution in [0.5, 0.6) is 11.5 Å². The van der Waals surface area contributed by atoms with Gasteiger partial charge in [0.1, 0.15) is 22.7 Å². The molecule has 0 unspecified atom stereocenters. The summed E-state index contributed by atoms with van der Waals surface area (Å²) in [5.74, 6) is 1.01. The standard InChI is InChI=1S/C35H44Cl2N6O5/c1-8-42(9-2)16-11-10-15-38-33-39-20-23-18-25(28-29(36)26(46-6)19-27(47-7)30(28)37)32(44)43(31(23)41-33)21-22-13-12-14-24(17-22)40-34(45)48-35(3,4)5/h12-14,17-20H,8-11,15-16,21H2,1-7H3,(H,40,45)(H,38,39,41). The summed E-state index contributed by atoms with van der Waals surface area (Å²) in [4.78, 5) is 38.6. The van der Waals surface area contributed by atoms with E-state index in [4.69, 9.17) is 42.4 Å². The van der Waals surface area contributed by atoms with Crippen LogP contribution in [0.15, 0.2) is 47.4 Å². The van der Waals surface area contributed by atoms with Crippen LogP contribution < -0.4 is 25.7 Å².